The summed E-state index contributed by atoms with van der Waals surface area (Å²) < 4.78 is 37.2. The van der Waals surface area contributed by atoms with Gasteiger partial charge in [0.2, 0.25) is 0 Å². The maximum absolute atomic E-state index is 13.6. The highest BCUT2D eigenvalue weighted by Gasteiger charge is 2.38. The SMILES string of the molecule is CC(C)(C)c1ncc(C(=O)N2CCCC2CCc2ccccc2)c(NCc2ccco2)n1.O=C(O)C(F)(F)F. The Bertz CT molecular complexity index is 1230. The molecule has 1 fully saturated rings. The largest absolute Gasteiger partial charge is 0.490 e. The van der Waals surface area contributed by atoms with Crippen molar-refractivity contribution >= 4 is 17.7 Å². The van der Waals surface area contributed by atoms with Gasteiger partial charge in [-0.25, -0.2) is 14.8 Å². The normalized spacial score (nSPS) is 15.4. The van der Waals surface area contributed by atoms with Crippen molar-refractivity contribution in [3.63, 3.8) is 0 Å². The molecule has 0 aliphatic carbocycles. The van der Waals surface area contributed by atoms with Crippen molar-refractivity contribution in [3.05, 3.63) is 77.6 Å². The number of hydrogen-bond donors (Lipinski definition) is 2. The summed E-state index contributed by atoms with van der Waals surface area (Å²) in [5, 5.41) is 10.4. The Kier molecular flexibility index (Phi) is 9.71. The van der Waals surface area contributed by atoms with Crippen LogP contribution < -0.4 is 5.32 Å². The fourth-order valence-corrected chi connectivity index (χ4v) is 4.15. The van der Waals surface area contributed by atoms with Crippen LogP contribution >= 0.6 is 0 Å². The Morgan fingerprint density at radius 1 is 1.13 bits per heavy atom. The first-order valence-electron chi connectivity index (χ1n) is 12.6. The predicted molar refractivity (Wildman–Crippen MR) is 139 cm³/mol. The lowest BCUT2D eigenvalue weighted by atomic mass is 9.95. The number of halogens is 3. The first-order chi connectivity index (χ1) is 18.4. The molecule has 2 aromatic heterocycles. The van der Waals surface area contributed by atoms with E-state index in [1.54, 1.807) is 12.5 Å². The second kappa shape index (κ2) is 12.8. The van der Waals surface area contributed by atoms with Gasteiger partial charge in [0.15, 0.2) is 0 Å². The zero-order valence-corrected chi connectivity index (χ0v) is 22.2. The number of alkyl halides is 3. The fraction of sp³-hybridized carbons (Fsp3) is 0.429. The van der Waals surface area contributed by atoms with E-state index in [0.717, 1.165) is 38.0 Å². The first-order valence-corrected chi connectivity index (χ1v) is 12.6. The Hall–Kier alpha value is -3.89. The van der Waals surface area contributed by atoms with Crippen molar-refractivity contribution in [1.29, 1.82) is 0 Å². The number of carbonyl (C=O) groups excluding carboxylic acids is 1. The van der Waals surface area contributed by atoms with Crippen LogP contribution in [0.25, 0.3) is 0 Å². The number of carboxylic acids is 1. The summed E-state index contributed by atoms with van der Waals surface area (Å²) in [6, 6.07) is 14.5. The van der Waals surface area contributed by atoms with Gasteiger partial charge >= 0.3 is 12.1 Å². The van der Waals surface area contributed by atoms with Gasteiger partial charge in [0.25, 0.3) is 5.91 Å². The quantitative estimate of drug-likeness (QED) is 0.383. The number of hydrogen-bond acceptors (Lipinski definition) is 6. The number of nitrogens with one attached hydrogen (secondary N) is 1. The molecule has 0 radical (unpaired) electrons. The number of aromatic nitrogens is 2. The van der Waals surface area contributed by atoms with Gasteiger partial charge in [0.05, 0.1) is 12.8 Å². The Labute approximate surface area is 225 Å². The van der Waals surface area contributed by atoms with Crippen LogP contribution in [0.3, 0.4) is 0 Å². The molecule has 1 saturated heterocycles. The van der Waals surface area contributed by atoms with Gasteiger partial charge < -0.3 is 19.7 Å². The van der Waals surface area contributed by atoms with Gasteiger partial charge in [-0.15, -0.1) is 0 Å². The van der Waals surface area contributed by atoms with Crippen molar-refractivity contribution in [2.75, 3.05) is 11.9 Å². The molecule has 0 bridgehead atoms. The molecule has 1 aliphatic heterocycles. The van der Waals surface area contributed by atoms with Crippen molar-refractivity contribution in [1.82, 2.24) is 14.9 Å². The molecule has 1 atom stereocenters. The second-order valence-electron chi connectivity index (χ2n) is 10.3. The number of carboxylic acid groups (broad SMARTS) is 1. The number of nitrogens with zero attached hydrogens (tertiary/aromatic N) is 3. The molecular weight excluding hydrogens is 513 g/mol. The Morgan fingerprint density at radius 3 is 2.41 bits per heavy atom. The molecule has 3 aromatic rings. The molecule has 1 unspecified atom stereocenters. The van der Waals surface area contributed by atoms with Crippen molar-refractivity contribution in [2.24, 2.45) is 0 Å². The molecule has 8 nitrogen and oxygen atoms in total. The second-order valence-corrected chi connectivity index (χ2v) is 10.3. The highest BCUT2D eigenvalue weighted by molar-refractivity contribution is 5.98. The van der Waals surface area contributed by atoms with E-state index in [-0.39, 0.29) is 17.4 Å². The zero-order valence-electron chi connectivity index (χ0n) is 22.2. The van der Waals surface area contributed by atoms with Crippen LogP contribution in [0, 0.1) is 0 Å². The van der Waals surface area contributed by atoms with E-state index in [2.05, 4.69) is 55.3 Å². The number of likely N-dealkylation sites (tertiary alicyclic amines) is 1. The van der Waals surface area contributed by atoms with E-state index < -0.39 is 12.1 Å². The van der Waals surface area contributed by atoms with Crippen LogP contribution in [-0.2, 0) is 23.2 Å². The zero-order chi connectivity index (χ0) is 28.6. The average molecular weight is 547 g/mol. The Morgan fingerprint density at radius 2 is 1.82 bits per heavy atom. The number of rotatable bonds is 7. The van der Waals surface area contributed by atoms with E-state index in [1.165, 1.54) is 5.56 Å². The van der Waals surface area contributed by atoms with Crippen LogP contribution in [0.2, 0.25) is 0 Å². The van der Waals surface area contributed by atoms with E-state index in [4.69, 9.17) is 19.3 Å². The fourth-order valence-electron chi connectivity index (χ4n) is 4.15. The minimum atomic E-state index is -5.08. The number of aryl methyl sites for hydroxylation is 1. The van der Waals surface area contributed by atoms with Gasteiger partial charge in [-0.3, -0.25) is 4.79 Å². The summed E-state index contributed by atoms with van der Waals surface area (Å²) in [6.45, 7) is 7.45. The Balaban J connectivity index is 0.000000532. The molecule has 3 heterocycles. The topological polar surface area (TPSA) is 109 Å². The van der Waals surface area contributed by atoms with Gasteiger partial charge in [-0.1, -0.05) is 51.1 Å². The van der Waals surface area contributed by atoms with Crippen LogP contribution in [0.4, 0.5) is 19.0 Å². The molecule has 0 spiro atoms. The minimum Gasteiger partial charge on any atom is -0.475 e. The van der Waals surface area contributed by atoms with Gasteiger partial charge in [-0.05, 0) is 43.4 Å². The molecule has 1 amide bonds. The molecule has 39 heavy (non-hydrogen) atoms. The van der Waals surface area contributed by atoms with E-state index in [9.17, 15) is 18.0 Å². The number of anilines is 1. The molecule has 0 saturated carbocycles. The summed E-state index contributed by atoms with van der Waals surface area (Å²) in [5.41, 5.74) is 1.62. The third-order valence-corrected chi connectivity index (χ3v) is 6.19. The molecule has 4 rings (SSSR count). The first kappa shape index (κ1) is 29.7. The monoisotopic (exact) mass is 546 g/mol. The number of benzene rings is 1. The molecule has 11 heteroatoms. The standard InChI is InChI=1S/C26H32N4O2.C2HF3O2/c1-26(2,3)25-28-18-22(23(29-25)27-17-21-12-8-16-32-21)24(31)30-15-7-11-20(30)14-13-19-9-5-4-6-10-19;3-2(4,5)1(6)7/h4-6,8-10,12,16,18,20H,7,11,13-15,17H2,1-3H3,(H,27,28,29);(H,6,7). The van der Waals surface area contributed by atoms with Crippen LogP contribution in [-0.4, -0.2) is 50.6 Å². The van der Waals surface area contributed by atoms with E-state index in [1.807, 2.05) is 23.1 Å². The molecule has 1 aliphatic rings. The van der Waals surface area contributed by atoms with Gasteiger partial charge in [-0.2, -0.15) is 13.2 Å². The smallest absolute Gasteiger partial charge is 0.475 e. The lowest BCUT2D eigenvalue weighted by molar-refractivity contribution is -0.192. The van der Waals surface area contributed by atoms with Crippen LogP contribution in [0.1, 0.15) is 67.5 Å². The summed E-state index contributed by atoms with van der Waals surface area (Å²) >= 11 is 0. The summed E-state index contributed by atoms with van der Waals surface area (Å²) in [5.74, 6) is -0.685. The highest BCUT2D eigenvalue weighted by Crippen LogP contribution is 2.28. The molecule has 2 N–H and O–H groups in total. The molecule has 210 valence electrons. The molecule has 1 aromatic carbocycles. The van der Waals surface area contributed by atoms with Crippen molar-refractivity contribution in [3.8, 4) is 0 Å². The van der Waals surface area contributed by atoms with Crippen LogP contribution in [0.15, 0.2) is 59.3 Å². The third-order valence-electron chi connectivity index (χ3n) is 6.19. The summed E-state index contributed by atoms with van der Waals surface area (Å²) in [4.78, 5) is 33.8. The van der Waals surface area contributed by atoms with Gasteiger partial charge in [0, 0.05) is 24.2 Å². The average Bonchev–Trinajstić information content (AvgIpc) is 3.58. The molecular formula is C28H33F3N4O4. The summed E-state index contributed by atoms with van der Waals surface area (Å²) in [6.07, 6.45) is 2.25. The van der Waals surface area contributed by atoms with Crippen LogP contribution in [0.5, 0.6) is 0 Å². The highest BCUT2D eigenvalue weighted by atomic mass is 19.4. The maximum atomic E-state index is 13.6. The number of furan rings is 1. The lowest BCUT2D eigenvalue weighted by Crippen LogP contribution is -2.36. The minimum absolute atomic E-state index is 0.00275. The lowest BCUT2D eigenvalue weighted by Gasteiger charge is -2.26. The number of carbonyl (C=O) groups is 2. The third kappa shape index (κ3) is 8.56. The number of aliphatic carboxylic acids is 1. The van der Waals surface area contributed by atoms with E-state index in [0.29, 0.717) is 23.8 Å². The van der Waals surface area contributed by atoms with Crippen molar-refractivity contribution < 1.29 is 32.3 Å². The summed E-state index contributed by atoms with van der Waals surface area (Å²) in [7, 11) is 0. The number of amides is 1. The maximum Gasteiger partial charge on any atom is 0.490 e. The van der Waals surface area contributed by atoms with Gasteiger partial charge in [0.1, 0.15) is 23.0 Å². The van der Waals surface area contributed by atoms with Crippen molar-refractivity contribution in [2.45, 2.75) is 70.6 Å². The van der Waals surface area contributed by atoms with E-state index >= 15 is 0 Å². The predicted octanol–water partition coefficient (Wildman–Crippen LogP) is 5.85.